The third kappa shape index (κ3) is 4.73. The molecule has 1 unspecified atom stereocenters. The normalized spacial score (nSPS) is 12.5. The number of aliphatic hydroxyl groups is 1. The van der Waals surface area contributed by atoms with Gasteiger partial charge in [0.1, 0.15) is 5.60 Å². The lowest BCUT2D eigenvalue weighted by Crippen LogP contribution is -2.18. The van der Waals surface area contributed by atoms with Gasteiger partial charge in [0.15, 0.2) is 0 Å². The molecule has 3 rings (SSSR count). The Hall–Kier alpha value is -2.60. The minimum Gasteiger partial charge on any atom is -0.378 e. The van der Waals surface area contributed by atoms with E-state index in [0.29, 0.717) is 0 Å². The molecule has 0 aliphatic rings. The number of hydrogen-bond donors (Lipinski definition) is 2. The molecule has 2 nitrogen and oxygen atoms in total. The first-order valence-corrected chi connectivity index (χ1v) is 8.98. The Morgan fingerprint density at radius 3 is 2.54 bits per heavy atom. The highest BCUT2D eigenvalue weighted by molar-refractivity contribution is 5.86. The first kappa shape index (κ1) is 18.2. The lowest BCUT2D eigenvalue weighted by Gasteiger charge is -2.17. The van der Waals surface area contributed by atoms with Crippen molar-refractivity contribution in [2.24, 2.45) is 0 Å². The largest absolute Gasteiger partial charge is 0.378 e. The summed E-state index contributed by atoms with van der Waals surface area (Å²) < 4.78 is 0. The van der Waals surface area contributed by atoms with Crippen LogP contribution in [0.5, 0.6) is 0 Å². The molecule has 3 aromatic rings. The zero-order valence-electron chi connectivity index (χ0n) is 15.6. The van der Waals surface area contributed by atoms with E-state index < -0.39 is 5.60 Å². The number of nitrogens with one attached hydrogen (secondary N) is 1. The van der Waals surface area contributed by atoms with Crippen LogP contribution in [0.1, 0.15) is 43.5 Å². The van der Waals surface area contributed by atoms with Crippen LogP contribution in [0.4, 0.5) is 0 Å². The van der Waals surface area contributed by atoms with Crippen molar-refractivity contribution in [1.29, 1.82) is 0 Å². The molecule has 0 spiro atoms. The Morgan fingerprint density at radius 1 is 1.00 bits per heavy atom. The van der Waals surface area contributed by atoms with Gasteiger partial charge >= 0.3 is 0 Å². The standard InChI is InChI=1S/C24H25NO/c1-18(22-13-7-11-21-10-4-5-12-23(21)22)25-17-20-9-6-8-19(16-20)14-15-24(2,3)26/h4-13,16,18,25-26H,17H2,1-3H3. The van der Waals surface area contributed by atoms with Crippen LogP contribution in [-0.2, 0) is 6.54 Å². The van der Waals surface area contributed by atoms with Gasteiger partial charge < -0.3 is 10.4 Å². The molecule has 2 heteroatoms. The zero-order valence-corrected chi connectivity index (χ0v) is 15.6. The van der Waals surface area contributed by atoms with Crippen molar-refractivity contribution in [3.05, 3.63) is 83.4 Å². The summed E-state index contributed by atoms with van der Waals surface area (Å²) in [7, 11) is 0. The summed E-state index contributed by atoms with van der Waals surface area (Å²) in [5.41, 5.74) is 2.43. The number of fused-ring (bicyclic) bond motifs is 1. The van der Waals surface area contributed by atoms with Crippen LogP contribution in [-0.4, -0.2) is 10.7 Å². The minimum absolute atomic E-state index is 0.243. The fraction of sp³-hybridized carbons (Fsp3) is 0.250. The van der Waals surface area contributed by atoms with Crippen molar-refractivity contribution in [2.75, 3.05) is 0 Å². The van der Waals surface area contributed by atoms with Gasteiger partial charge in [0.2, 0.25) is 0 Å². The van der Waals surface area contributed by atoms with E-state index in [-0.39, 0.29) is 6.04 Å². The van der Waals surface area contributed by atoms with Crippen molar-refractivity contribution in [1.82, 2.24) is 5.32 Å². The zero-order chi connectivity index (χ0) is 18.6. The van der Waals surface area contributed by atoms with Gasteiger partial charge in [-0.1, -0.05) is 66.4 Å². The predicted octanol–water partition coefficient (Wildman–Crippen LogP) is 4.81. The molecule has 0 saturated carbocycles. The average molecular weight is 343 g/mol. The summed E-state index contributed by atoms with van der Waals surface area (Å²) in [5, 5.41) is 15.9. The molecule has 0 aliphatic carbocycles. The van der Waals surface area contributed by atoms with Gasteiger partial charge in [-0.15, -0.1) is 0 Å². The number of benzene rings is 3. The van der Waals surface area contributed by atoms with Crippen LogP contribution in [0, 0.1) is 11.8 Å². The summed E-state index contributed by atoms with van der Waals surface area (Å²) >= 11 is 0. The molecule has 0 aromatic heterocycles. The fourth-order valence-corrected chi connectivity index (χ4v) is 2.99. The lowest BCUT2D eigenvalue weighted by molar-refractivity contribution is 0.143. The van der Waals surface area contributed by atoms with Gasteiger partial charge in [0.05, 0.1) is 0 Å². The molecular weight excluding hydrogens is 318 g/mol. The van der Waals surface area contributed by atoms with E-state index >= 15 is 0 Å². The number of hydrogen-bond acceptors (Lipinski definition) is 2. The maximum atomic E-state index is 9.75. The molecule has 0 saturated heterocycles. The van der Waals surface area contributed by atoms with E-state index in [1.165, 1.54) is 21.9 Å². The van der Waals surface area contributed by atoms with Gasteiger partial charge in [-0.25, -0.2) is 0 Å². The average Bonchev–Trinajstić information content (AvgIpc) is 2.64. The van der Waals surface area contributed by atoms with Crippen LogP contribution >= 0.6 is 0 Å². The van der Waals surface area contributed by atoms with E-state index in [1.807, 2.05) is 12.1 Å². The predicted molar refractivity (Wildman–Crippen MR) is 109 cm³/mol. The molecule has 0 amide bonds. The second-order valence-electron chi connectivity index (χ2n) is 7.18. The quantitative estimate of drug-likeness (QED) is 0.666. The van der Waals surface area contributed by atoms with Crippen LogP contribution in [0.3, 0.4) is 0 Å². The topological polar surface area (TPSA) is 32.3 Å². The molecule has 3 aromatic carbocycles. The first-order valence-electron chi connectivity index (χ1n) is 8.98. The molecule has 0 bridgehead atoms. The monoisotopic (exact) mass is 343 g/mol. The molecule has 0 heterocycles. The molecule has 0 fully saturated rings. The third-order valence-corrected chi connectivity index (χ3v) is 4.34. The van der Waals surface area contributed by atoms with E-state index in [2.05, 4.69) is 78.7 Å². The second-order valence-corrected chi connectivity index (χ2v) is 7.18. The molecule has 1 atom stereocenters. The summed E-state index contributed by atoms with van der Waals surface area (Å²) in [4.78, 5) is 0. The summed E-state index contributed by atoms with van der Waals surface area (Å²) in [6.07, 6.45) is 0. The minimum atomic E-state index is -0.975. The van der Waals surface area contributed by atoms with Crippen molar-refractivity contribution < 1.29 is 5.11 Å². The highest BCUT2D eigenvalue weighted by Crippen LogP contribution is 2.24. The summed E-state index contributed by atoms with van der Waals surface area (Å²) in [6.45, 7) is 6.34. The van der Waals surface area contributed by atoms with Gasteiger partial charge in [0.25, 0.3) is 0 Å². The molecule has 26 heavy (non-hydrogen) atoms. The third-order valence-electron chi connectivity index (χ3n) is 4.34. The SMILES string of the molecule is CC(NCc1cccc(C#CC(C)(C)O)c1)c1cccc2ccccc12. The Balaban J connectivity index is 1.73. The van der Waals surface area contributed by atoms with Crippen molar-refractivity contribution in [3.63, 3.8) is 0 Å². The maximum Gasteiger partial charge on any atom is 0.120 e. The van der Waals surface area contributed by atoms with E-state index in [9.17, 15) is 5.11 Å². The summed E-state index contributed by atoms with van der Waals surface area (Å²) in [6, 6.07) is 23.3. The molecule has 2 N–H and O–H groups in total. The van der Waals surface area contributed by atoms with E-state index in [4.69, 9.17) is 0 Å². The van der Waals surface area contributed by atoms with Crippen molar-refractivity contribution in [3.8, 4) is 11.8 Å². The smallest absolute Gasteiger partial charge is 0.120 e. The lowest BCUT2D eigenvalue weighted by atomic mass is 9.99. The van der Waals surface area contributed by atoms with Crippen LogP contribution in [0.2, 0.25) is 0 Å². The van der Waals surface area contributed by atoms with Gasteiger partial charge in [-0.2, -0.15) is 0 Å². The van der Waals surface area contributed by atoms with Crippen LogP contribution in [0.25, 0.3) is 10.8 Å². The van der Waals surface area contributed by atoms with Gasteiger partial charge in [-0.05, 0) is 54.8 Å². The second kappa shape index (κ2) is 7.74. The number of rotatable bonds is 4. The Labute approximate surface area is 155 Å². The van der Waals surface area contributed by atoms with Gasteiger partial charge in [-0.3, -0.25) is 0 Å². The Kier molecular flexibility index (Phi) is 5.42. The molecule has 0 radical (unpaired) electrons. The highest BCUT2D eigenvalue weighted by atomic mass is 16.3. The van der Waals surface area contributed by atoms with Crippen LogP contribution in [0.15, 0.2) is 66.7 Å². The van der Waals surface area contributed by atoms with Crippen molar-refractivity contribution in [2.45, 2.75) is 39.0 Å². The van der Waals surface area contributed by atoms with E-state index in [1.54, 1.807) is 13.8 Å². The summed E-state index contributed by atoms with van der Waals surface area (Å²) in [5.74, 6) is 5.90. The van der Waals surface area contributed by atoms with Crippen LogP contribution < -0.4 is 5.32 Å². The fourth-order valence-electron chi connectivity index (χ4n) is 2.99. The maximum absolute atomic E-state index is 9.75. The Morgan fingerprint density at radius 2 is 1.73 bits per heavy atom. The van der Waals surface area contributed by atoms with E-state index in [0.717, 1.165) is 12.1 Å². The van der Waals surface area contributed by atoms with Gasteiger partial charge in [0, 0.05) is 18.2 Å². The first-order chi connectivity index (χ1) is 12.4. The molecule has 132 valence electrons. The Bertz CT molecular complexity index is 952. The molecular formula is C24H25NO. The highest BCUT2D eigenvalue weighted by Gasteiger charge is 2.09. The molecule has 0 aliphatic heterocycles. The van der Waals surface area contributed by atoms with Crippen molar-refractivity contribution >= 4 is 10.8 Å².